The van der Waals surface area contributed by atoms with Crippen molar-refractivity contribution in [2.24, 2.45) is 0 Å². The molecule has 0 amide bonds. The lowest BCUT2D eigenvalue weighted by atomic mass is 10.1. The van der Waals surface area contributed by atoms with Gasteiger partial charge >= 0.3 is 5.97 Å². The standard InChI is InChI=1S/C16H17NO3/c1-4-20-16(18)12-9-10-14(17-11(12)2)13-7-5-6-8-15(13)19-3/h5-10H,4H2,1-3H3. The lowest BCUT2D eigenvalue weighted by Crippen LogP contribution is -2.08. The molecule has 4 nitrogen and oxygen atoms in total. The number of aryl methyl sites for hydroxylation is 1. The summed E-state index contributed by atoms with van der Waals surface area (Å²) < 4.78 is 10.3. The van der Waals surface area contributed by atoms with Gasteiger partial charge in [-0.25, -0.2) is 4.79 Å². The summed E-state index contributed by atoms with van der Waals surface area (Å²) in [5.74, 6) is 0.410. The topological polar surface area (TPSA) is 48.4 Å². The highest BCUT2D eigenvalue weighted by Crippen LogP contribution is 2.28. The Morgan fingerprint density at radius 3 is 2.60 bits per heavy atom. The minimum atomic E-state index is -0.343. The van der Waals surface area contributed by atoms with Crippen molar-refractivity contribution in [3.05, 3.63) is 47.7 Å². The molecule has 0 saturated carbocycles. The van der Waals surface area contributed by atoms with Gasteiger partial charge in [0.2, 0.25) is 0 Å². The Balaban J connectivity index is 2.41. The van der Waals surface area contributed by atoms with E-state index in [-0.39, 0.29) is 5.97 Å². The summed E-state index contributed by atoms with van der Waals surface area (Å²) in [5, 5.41) is 0. The minimum Gasteiger partial charge on any atom is -0.496 e. The number of aromatic nitrogens is 1. The van der Waals surface area contributed by atoms with Crippen molar-refractivity contribution in [3.63, 3.8) is 0 Å². The van der Waals surface area contributed by atoms with Crippen molar-refractivity contribution < 1.29 is 14.3 Å². The highest BCUT2D eigenvalue weighted by atomic mass is 16.5. The number of carbonyl (C=O) groups excluding carboxylic acids is 1. The molecule has 0 aliphatic heterocycles. The number of rotatable bonds is 4. The van der Waals surface area contributed by atoms with E-state index in [1.54, 1.807) is 33.1 Å². The van der Waals surface area contributed by atoms with Gasteiger partial charge in [0.1, 0.15) is 5.75 Å². The van der Waals surface area contributed by atoms with E-state index in [4.69, 9.17) is 9.47 Å². The number of ether oxygens (including phenoxy) is 2. The zero-order valence-corrected chi connectivity index (χ0v) is 11.8. The fourth-order valence-electron chi connectivity index (χ4n) is 1.99. The zero-order chi connectivity index (χ0) is 14.5. The van der Waals surface area contributed by atoms with Crippen molar-refractivity contribution in [1.29, 1.82) is 0 Å². The zero-order valence-electron chi connectivity index (χ0n) is 11.8. The van der Waals surface area contributed by atoms with Gasteiger partial charge in [-0.05, 0) is 38.1 Å². The van der Waals surface area contributed by atoms with Gasteiger partial charge in [-0.3, -0.25) is 4.98 Å². The van der Waals surface area contributed by atoms with E-state index >= 15 is 0 Å². The summed E-state index contributed by atoms with van der Waals surface area (Å²) in [7, 11) is 1.62. The molecule has 0 radical (unpaired) electrons. The van der Waals surface area contributed by atoms with Gasteiger partial charge in [0.05, 0.1) is 30.7 Å². The monoisotopic (exact) mass is 271 g/mol. The Morgan fingerprint density at radius 1 is 1.20 bits per heavy atom. The van der Waals surface area contributed by atoms with Crippen LogP contribution in [0.25, 0.3) is 11.3 Å². The molecular formula is C16H17NO3. The number of nitrogens with zero attached hydrogens (tertiary/aromatic N) is 1. The van der Waals surface area contributed by atoms with Crippen LogP contribution in [0.4, 0.5) is 0 Å². The third-order valence-electron chi connectivity index (χ3n) is 2.96. The van der Waals surface area contributed by atoms with Crippen molar-refractivity contribution >= 4 is 5.97 Å². The number of hydrogen-bond acceptors (Lipinski definition) is 4. The van der Waals surface area contributed by atoms with Crippen LogP contribution in [0.2, 0.25) is 0 Å². The molecule has 0 N–H and O–H groups in total. The van der Waals surface area contributed by atoms with E-state index in [0.717, 1.165) is 17.0 Å². The number of esters is 1. The van der Waals surface area contributed by atoms with Gasteiger partial charge in [0.25, 0.3) is 0 Å². The summed E-state index contributed by atoms with van der Waals surface area (Å²) >= 11 is 0. The average Bonchev–Trinajstić information content (AvgIpc) is 2.47. The Labute approximate surface area is 118 Å². The molecule has 0 aliphatic rings. The van der Waals surface area contributed by atoms with Gasteiger partial charge in [0, 0.05) is 5.56 Å². The van der Waals surface area contributed by atoms with Gasteiger partial charge < -0.3 is 9.47 Å². The predicted molar refractivity (Wildman–Crippen MR) is 76.9 cm³/mol. The summed E-state index contributed by atoms with van der Waals surface area (Å²) in [4.78, 5) is 16.2. The second kappa shape index (κ2) is 6.19. The van der Waals surface area contributed by atoms with Gasteiger partial charge in [-0.2, -0.15) is 0 Å². The Morgan fingerprint density at radius 2 is 1.95 bits per heavy atom. The lowest BCUT2D eigenvalue weighted by Gasteiger charge is -2.10. The highest BCUT2D eigenvalue weighted by Gasteiger charge is 2.13. The smallest absolute Gasteiger partial charge is 0.339 e. The molecule has 20 heavy (non-hydrogen) atoms. The summed E-state index contributed by atoms with van der Waals surface area (Å²) in [6.07, 6.45) is 0. The second-order valence-corrected chi connectivity index (χ2v) is 4.25. The van der Waals surface area contributed by atoms with Crippen LogP contribution in [-0.2, 0) is 4.74 Å². The molecule has 0 fully saturated rings. The largest absolute Gasteiger partial charge is 0.496 e. The molecular weight excluding hydrogens is 254 g/mol. The number of pyridine rings is 1. The molecule has 0 aliphatic carbocycles. The first-order chi connectivity index (χ1) is 9.67. The second-order valence-electron chi connectivity index (χ2n) is 4.25. The molecule has 0 bridgehead atoms. The Bertz CT molecular complexity index is 623. The highest BCUT2D eigenvalue weighted by molar-refractivity contribution is 5.91. The quantitative estimate of drug-likeness (QED) is 0.801. The molecule has 0 atom stereocenters. The van der Waals surface area contributed by atoms with Crippen LogP contribution < -0.4 is 4.74 Å². The van der Waals surface area contributed by atoms with Crippen LogP contribution in [0.5, 0.6) is 5.75 Å². The molecule has 1 aromatic carbocycles. The number of benzene rings is 1. The van der Waals surface area contributed by atoms with E-state index < -0.39 is 0 Å². The summed E-state index contributed by atoms with van der Waals surface area (Å²) in [5.41, 5.74) is 2.80. The van der Waals surface area contributed by atoms with E-state index in [2.05, 4.69) is 4.98 Å². The first-order valence-corrected chi connectivity index (χ1v) is 6.45. The van der Waals surface area contributed by atoms with Crippen molar-refractivity contribution in [2.45, 2.75) is 13.8 Å². The number of methoxy groups -OCH3 is 1. The van der Waals surface area contributed by atoms with Crippen LogP contribution in [0, 0.1) is 6.92 Å². The SMILES string of the molecule is CCOC(=O)c1ccc(-c2ccccc2OC)nc1C. The third-order valence-corrected chi connectivity index (χ3v) is 2.96. The molecule has 2 rings (SSSR count). The third kappa shape index (κ3) is 2.79. The normalized spacial score (nSPS) is 10.2. The molecule has 1 heterocycles. The Hall–Kier alpha value is -2.36. The molecule has 4 heteroatoms. The summed E-state index contributed by atoms with van der Waals surface area (Å²) in [6, 6.07) is 11.2. The predicted octanol–water partition coefficient (Wildman–Crippen LogP) is 3.24. The maximum atomic E-state index is 11.7. The summed E-state index contributed by atoms with van der Waals surface area (Å²) in [6.45, 7) is 3.93. The average molecular weight is 271 g/mol. The first-order valence-electron chi connectivity index (χ1n) is 6.45. The van der Waals surface area contributed by atoms with Gasteiger partial charge in [0.15, 0.2) is 0 Å². The van der Waals surface area contributed by atoms with Gasteiger partial charge in [-0.15, -0.1) is 0 Å². The lowest BCUT2D eigenvalue weighted by molar-refractivity contribution is 0.0525. The molecule has 1 aromatic heterocycles. The molecule has 104 valence electrons. The number of carbonyl (C=O) groups is 1. The van der Waals surface area contributed by atoms with Crippen LogP contribution in [0.1, 0.15) is 23.0 Å². The van der Waals surface area contributed by atoms with Crippen LogP contribution >= 0.6 is 0 Å². The van der Waals surface area contributed by atoms with E-state index in [0.29, 0.717) is 17.9 Å². The van der Waals surface area contributed by atoms with E-state index in [1.165, 1.54) is 0 Å². The fraction of sp³-hybridized carbons (Fsp3) is 0.250. The fourth-order valence-corrected chi connectivity index (χ4v) is 1.99. The minimum absolute atomic E-state index is 0.343. The van der Waals surface area contributed by atoms with E-state index in [1.807, 2.05) is 24.3 Å². The van der Waals surface area contributed by atoms with Gasteiger partial charge in [-0.1, -0.05) is 12.1 Å². The first kappa shape index (κ1) is 14.1. The van der Waals surface area contributed by atoms with Crippen LogP contribution in [-0.4, -0.2) is 24.7 Å². The van der Waals surface area contributed by atoms with Crippen LogP contribution in [0.3, 0.4) is 0 Å². The van der Waals surface area contributed by atoms with E-state index in [9.17, 15) is 4.79 Å². The van der Waals surface area contributed by atoms with Crippen LogP contribution in [0.15, 0.2) is 36.4 Å². The number of para-hydroxylation sites is 1. The molecule has 2 aromatic rings. The number of hydrogen-bond donors (Lipinski definition) is 0. The molecule has 0 unspecified atom stereocenters. The maximum absolute atomic E-state index is 11.7. The van der Waals surface area contributed by atoms with Crippen molar-refractivity contribution in [3.8, 4) is 17.0 Å². The molecule has 0 saturated heterocycles. The molecule has 0 spiro atoms. The maximum Gasteiger partial charge on any atom is 0.339 e. The Kier molecular flexibility index (Phi) is 4.35. The van der Waals surface area contributed by atoms with Crippen molar-refractivity contribution in [1.82, 2.24) is 4.98 Å². The van der Waals surface area contributed by atoms with Crippen molar-refractivity contribution in [2.75, 3.05) is 13.7 Å².